The smallest absolute Gasteiger partial charge is 0.262 e. The van der Waals surface area contributed by atoms with E-state index in [-0.39, 0.29) is 30.7 Å². The van der Waals surface area contributed by atoms with Gasteiger partial charge in [0.1, 0.15) is 5.75 Å². The van der Waals surface area contributed by atoms with Gasteiger partial charge in [-0.1, -0.05) is 15.9 Å². The van der Waals surface area contributed by atoms with E-state index in [0.29, 0.717) is 23.7 Å². The monoisotopic (exact) mass is 429 g/mol. The molecular weight excluding hydrogens is 414 g/mol. The van der Waals surface area contributed by atoms with Crippen LogP contribution >= 0.6 is 15.9 Å². The van der Waals surface area contributed by atoms with Crippen LogP contribution < -0.4 is 20.3 Å². The first-order valence-corrected chi connectivity index (χ1v) is 9.22. The Balaban J connectivity index is 1.45. The molecule has 0 radical (unpaired) electrons. The van der Waals surface area contributed by atoms with Crippen LogP contribution in [0.5, 0.6) is 5.75 Å². The molecule has 27 heavy (non-hydrogen) atoms. The van der Waals surface area contributed by atoms with Crippen LogP contribution in [0.2, 0.25) is 0 Å². The minimum Gasteiger partial charge on any atom is -0.482 e. The molecule has 0 spiro atoms. The molecule has 7 nitrogen and oxygen atoms in total. The molecule has 0 saturated carbocycles. The molecule has 3 amide bonds. The number of rotatable bonds is 3. The van der Waals surface area contributed by atoms with Gasteiger partial charge in [-0.25, -0.2) is 0 Å². The summed E-state index contributed by atoms with van der Waals surface area (Å²) in [7, 11) is 0. The number of halogens is 1. The van der Waals surface area contributed by atoms with Gasteiger partial charge >= 0.3 is 0 Å². The fourth-order valence-electron chi connectivity index (χ4n) is 3.16. The van der Waals surface area contributed by atoms with Gasteiger partial charge in [-0.2, -0.15) is 0 Å². The lowest BCUT2D eigenvalue weighted by atomic mass is 10.1. The first-order chi connectivity index (χ1) is 13.0. The third kappa shape index (κ3) is 3.66. The van der Waals surface area contributed by atoms with Gasteiger partial charge in [0, 0.05) is 28.8 Å². The maximum atomic E-state index is 12.6. The summed E-state index contributed by atoms with van der Waals surface area (Å²) in [5.74, 6) is -0.430. The van der Waals surface area contributed by atoms with Gasteiger partial charge in [-0.05, 0) is 42.5 Å². The van der Waals surface area contributed by atoms with Crippen molar-refractivity contribution in [2.75, 3.05) is 28.7 Å². The number of hydrogen-bond acceptors (Lipinski definition) is 4. The van der Waals surface area contributed by atoms with E-state index >= 15 is 0 Å². The Kier molecular flexibility index (Phi) is 4.57. The van der Waals surface area contributed by atoms with Gasteiger partial charge in [0.05, 0.1) is 11.6 Å². The van der Waals surface area contributed by atoms with Crippen molar-refractivity contribution in [3.63, 3.8) is 0 Å². The lowest BCUT2D eigenvalue weighted by Gasteiger charge is -2.19. The zero-order chi connectivity index (χ0) is 19.0. The third-order valence-corrected chi connectivity index (χ3v) is 5.04. The van der Waals surface area contributed by atoms with E-state index in [1.807, 2.05) is 24.3 Å². The van der Waals surface area contributed by atoms with E-state index in [9.17, 15) is 14.4 Å². The summed E-state index contributed by atoms with van der Waals surface area (Å²) in [5, 5.41) is 5.52. The molecule has 8 heteroatoms. The van der Waals surface area contributed by atoms with Crippen molar-refractivity contribution in [3.05, 3.63) is 46.9 Å². The van der Waals surface area contributed by atoms with Crippen LogP contribution in [0.1, 0.15) is 6.42 Å². The van der Waals surface area contributed by atoms with E-state index in [1.54, 1.807) is 23.1 Å². The summed E-state index contributed by atoms with van der Waals surface area (Å²) >= 11 is 3.37. The van der Waals surface area contributed by atoms with Crippen molar-refractivity contribution >= 4 is 50.7 Å². The van der Waals surface area contributed by atoms with E-state index in [4.69, 9.17) is 4.74 Å². The summed E-state index contributed by atoms with van der Waals surface area (Å²) < 4.78 is 6.23. The van der Waals surface area contributed by atoms with Crippen molar-refractivity contribution < 1.29 is 19.1 Å². The second kappa shape index (κ2) is 7.03. The van der Waals surface area contributed by atoms with E-state index < -0.39 is 5.92 Å². The molecule has 1 saturated heterocycles. The van der Waals surface area contributed by atoms with Crippen LogP contribution in [0.3, 0.4) is 0 Å². The number of carbonyl (C=O) groups excluding carboxylic acids is 3. The standard InChI is InChI=1S/C19H16BrN3O4/c20-12-1-4-14(5-2-12)23-9-11(7-18(23)25)19(26)21-13-3-6-16-15(8-13)22-17(24)10-27-16/h1-6,8,11H,7,9-10H2,(H,21,26)(H,22,24)/t11-/m1/s1. The molecule has 2 heterocycles. The van der Waals surface area contributed by atoms with Crippen LogP contribution in [0.15, 0.2) is 46.9 Å². The van der Waals surface area contributed by atoms with Crippen molar-refractivity contribution in [2.24, 2.45) is 5.92 Å². The molecule has 2 aromatic carbocycles. The number of anilines is 3. The number of fused-ring (bicyclic) bond motifs is 1. The Labute approximate surface area is 163 Å². The van der Waals surface area contributed by atoms with Crippen LogP contribution in [0.25, 0.3) is 0 Å². The molecule has 2 aromatic rings. The summed E-state index contributed by atoms with van der Waals surface area (Å²) in [5.41, 5.74) is 1.83. The highest BCUT2D eigenvalue weighted by Crippen LogP contribution is 2.31. The maximum absolute atomic E-state index is 12.6. The molecule has 0 aliphatic carbocycles. The second-order valence-corrected chi connectivity index (χ2v) is 7.33. The van der Waals surface area contributed by atoms with Crippen molar-refractivity contribution in [1.29, 1.82) is 0 Å². The van der Waals surface area contributed by atoms with Crippen molar-refractivity contribution in [3.8, 4) is 5.75 Å². The molecule has 0 aromatic heterocycles. The summed E-state index contributed by atoms with van der Waals surface area (Å²) in [4.78, 5) is 38.0. The minimum absolute atomic E-state index is 0.0191. The lowest BCUT2D eigenvalue weighted by molar-refractivity contribution is -0.122. The Morgan fingerprint density at radius 2 is 1.96 bits per heavy atom. The Hall–Kier alpha value is -2.87. The van der Waals surface area contributed by atoms with Crippen LogP contribution in [0.4, 0.5) is 17.1 Å². The van der Waals surface area contributed by atoms with Crippen LogP contribution in [-0.4, -0.2) is 30.9 Å². The molecule has 1 atom stereocenters. The topological polar surface area (TPSA) is 87.7 Å². The Morgan fingerprint density at radius 1 is 1.19 bits per heavy atom. The number of benzene rings is 2. The number of nitrogens with one attached hydrogen (secondary N) is 2. The fourth-order valence-corrected chi connectivity index (χ4v) is 3.42. The molecule has 2 N–H and O–H groups in total. The molecule has 0 bridgehead atoms. The SMILES string of the molecule is O=C1COc2ccc(NC(=O)[C@@H]3CC(=O)N(c4ccc(Br)cc4)C3)cc2N1. The average molecular weight is 430 g/mol. The number of amides is 3. The van der Waals surface area contributed by atoms with Crippen molar-refractivity contribution in [2.45, 2.75) is 6.42 Å². The number of ether oxygens (including phenoxy) is 1. The van der Waals surface area contributed by atoms with Gasteiger partial charge in [-0.3, -0.25) is 14.4 Å². The Bertz CT molecular complexity index is 929. The third-order valence-electron chi connectivity index (χ3n) is 4.51. The van der Waals surface area contributed by atoms with Crippen LogP contribution in [0, 0.1) is 5.92 Å². The molecule has 1 fully saturated rings. The minimum atomic E-state index is -0.442. The zero-order valence-corrected chi connectivity index (χ0v) is 15.8. The fraction of sp³-hybridized carbons (Fsp3) is 0.211. The highest BCUT2D eigenvalue weighted by molar-refractivity contribution is 9.10. The lowest BCUT2D eigenvalue weighted by Crippen LogP contribution is -2.28. The first kappa shape index (κ1) is 17.5. The Morgan fingerprint density at radius 3 is 2.74 bits per heavy atom. The zero-order valence-electron chi connectivity index (χ0n) is 14.2. The van der Waals surface area contributed by atoms with Crippen LogP contribution in [-0.2, 0) is 14.4 Å². The van der Waals surface area contributed by atoms with E-state index in [0.717, 1.165) is 10.2 Å². The van der Waals surface area contributed by atoms with Gasteiger partial charge in [0.2, 0.25) is 11.8 Å². The number of nitrogens with zero attached hydrogens (tertiary/aromatic N) is 1. The first-order valence-electron chi connectivity index (χ1n) is 8.43. The highest BCUT2D eigenvalue weighted by atomic mass is 79.9. The number of hydrogen-bond donors (Lipinski definition) is 2. The predicted octanol–water partition coefficient (Wildman–Crippen LogP) is 2.77. The van der Waals surface area contributed by atoms with Gasteiger partial charge in [0.25, 0.3) is 5.91 Å². The molecule has 2 aliphatic heterocycles. The van der Waals surface area contributed by atoms with Gasteiger partial charge in [0.15, 0.2) is 6.61 Å². The highest BCUT2D eigenvalue weighted by Gasteiger charge is 2.35. The van der Waals surface area contributed by atoms with Gasteiger partial charge in [-0.15, -0.1) is 0 Å². The van der Waals surface area contributed by atoms with Gasteiger partial charge < -0.3 is 20.3 Å². The molecule has 2 aliphatic rings. The average Bonchev–Trinajstić information content (AvgIpc) is 3.04. The summed E-state index contributed by atoms with van der Waals surface area (Å²) in [6.07, 6.45) is 0.159. The molecule has 0 unspecified atom stereocenters. The molecule has 4 rings (SSSR count). The predicted molar refractivity (Wildman–Crippen MR) is 104 cm³/mol. The van der Waals surface area contributed by atoms with E-state index in [1.165, 1.54) is 0 Å². The quantitative estimate of drug-likeness (QED) is 0.784. The molecule has 138 valence electrons. The second-order valence-electron chi connectivity index (χ2n) is 6.42. The van der Waals surface area contributed by atoms with Crippen molar-refractivity contribution in [1.82, 2.24) is 0 Å². The summed E-state index contributed by atoms with van der Waals surface area (Å²) in [6, 6.07) is 12.4. The number of carbonyl (C=O) groups is 3. The van der Waals surface area contributed by atoms with E-state index in [2.05, 4.69) is 26.6 Å². The normalized spacial score (nSPS) is 18.6. The molecular formula is C19H16BrN3O4. The summed E-state index contributed by atoms with van der Waals surface area (Å²) in [6.45, 7) is 0.311. The largest absolute Gasteiger partial charge is 0.482 e. The maximum Gasteiger partial charge on any atom is 0.262 e.